The minimum absolute atomic E-state index is 0.344. The molecule has 0 aliphatic carbocycles. The number of hydrogen-bond donors (Lipinski definition) is 1. The van der Waals surface area contributed by atoms with Gasteiger partial charge in [-0.1, -0.05) is 0 Å². The van der Waals surface area contributed by atoms with Crippen LogP contribution in [0.5, 0.6) is 11.5 Å². The van der Waals surface area contributed by atoms with E-state index < -0.39 is 0 Å². The van der Waals surface area contributed by atoms with Crippen LogP contribution in [0.3, 0.4) is 0 Å². The third-order valence-electron chi connectivity index (χ3n) is 2.65. The maximum atomic E-state index is 5.36. The Morgan fingerprint density at radius 1 is 1.12 bits per heavy atom. The van der Waals surface area contributed by atoms with E-state index in [1.54, 1.807) is 11.9 Å². The van der Waals surface area contributed by atoms with Crippen molar-refractivity contribution in [3.8, 4) is 11.5 Å². The average molecular weight is 238 g/mol. The first-order chi connectivity index (χ1) is 7.92. The van der Waals surface area contributed by atoms with Gasteiger partial charge in [0.05, 0.1) is 0 Å². The lowest BCUT2D eigenvalue weighted by atomic mass is 10.3. The van der Waals surface area contributed by atoms with Crippen molar-refractivity contribution >= 4 is 11.9 Å². The topological polar surface area (TPSA) is 33.7 Å². The van der Waals surface area contributed by atoms with E-state index in [1.165, 1.54) is 4.90 Å². The Balaban J connectivity index is 1.69. The minimum Gasteiger partial charge on any atom is -0.454 e. The van der Waals surface area contributed by atoms with Crippen molar-refractivity contribution in [2.75, 3.05) is 33.0 Å². The zero-order valence-electron chi connectivity index (χ0n) is 8.94. The van der Waals surface area contributed by atoms with Crippen molar-refractivity contribution in [3.05, 3.63) is 18.2 Å². The lowest BCUT2D eigenvalue weighted by Crippen LogP contribution is -2.39. The fourth-order valence-corrected chi connectivity index (χ4v) is 2.77. The van der Waals surface area contributed by atoms with Crippen LogP contribution in [0.4, 0.5) is 0 Å². The van der Waals surface area contributed by atoms with E-state index in [2.05, 4.69) is 21.8 Å². The van der Waals surface area contributed by atoms with Crippen molar-refractivity contribution in [2.24, 2.45) is 0 Å². The molecule has 0 spiro atoms. The second-order valence-electron chi connectivity index (χ2n) is 3.79. The molecular weight excluding hydrogens is 224 g/mol. The largest absolute Gasteiger partial charge is 0.454 e. The van der Waals surface area contributed by atoms with E-state index in [9.17, 15) is 0 Å². The quantitative estimate of drug-likeness (QED) is 0.786. The molecule has 4 nitrogen and oxygen atoms in total. The fraction of sp³-hybridized carbons (Fsp3) is 0.455. The Labute approximate surface area is 99.0 Å². The number of ether oxygens (including phenoxy) is 2. The lowest BCUT2D eigenvalue weighted by Gasteiger charge is -2.25. The summed E-state index contributed by atoms with van der Waals surface area (Å²) in [5, 5.41) is 3.34. The number of nitrogens with zero attached hydrogens (tertiary/aromatic N) is 1. The van der Waals surface area contributed by atoms with Crippen molar-refractivity contribution in [3.63, 3.8) is 0 Å². The van der Waals surface area contributed by atoms with Crippen LogP contribution in [0, 0.1) is 0 Å². The van der Waals surface area contributed by atoms with Gasteiger partial charge in [0, 0.05) is 31.1 Å². The van der Waals surface area contributed by atoms with Gasteiger partial charge < -0.3 is 14.8 Å². The van der Waals surface area contributed by atoms with Gasteiger partial charge in [-0.25, -0.2) is 4.31 Å². The van der Waals surface area contributed by atoms with Crippen molar-refractivity contribution < 1.29 is 9.47 Å². The first-order valence-electron chi connectivity index (χ1n) is 5.45. The summed E-state index contributed by atoms with van der Waals surface area (Å²) in [7, 11) is 0. The molecule has 16 heavy (non-hydrogen) atoms. The molecule has 0 bridgehead atoms. The molecule has 2 heterocycles. The predicted octanol–water partition coefficient (Wildman–Crippen LogP) is 1.33. The van der Waals surface area contributed by atoms with Crippen LogP contribution in [-0.4, -0.2) is 37.3 Å². The molecule has 2 aliphatic rings. The highest BCUT2D eigenvalue weighted by molar-refractivity contribution is 7.97. The highest BCUT2D eigenvalue weighted by Crippen LogP contribution is 2.36. The molecule has 2 aliphatic heterocycles. The van der Waals surface area contributed by atoms with Crippen LogP contribution in [-0.2, 0) is 0 Å². The first kappa shape index (κ1) is 10.3. The fourth-order valence-electron chi connectivity index (χ4n) is 1.82. The van der Waals surface area contributed by atoms with Gasteiger partial charge in [0.2, 0.25) is 6.79 Å². The van der Waals surface area contributed by atoms with Crippen LogP contribution in [0.2, 0.25) is 0 Å². The zero-order valence-corrected chi connectivity index (χ0v) is 9.76. The number of hydrogen-bond acceptors (Lipinski definition) is 5. The van der Waals surface area contributed by atoms with Crippen molar-refractivity contribution in [1.82, 2.24) is 9.62 Å². The molecule has 1 fully saturated rings. The average Bonchev–Trinajstić information content (AvgIpc) is 2.77. The van der Waals surface area contributed by atoms with Gasteiger partial charge in [-0.15, -0.1) is 0 Å². The van der Waals surface area contributed by atoms with E-state index in [1.807, 2.05) is 6.07 Å². The molecule has 1 saturated heterocycles. The molecule has 1 aromatic carbocycles. The number of fused-ring (bicyclic) bond motifs is 1. The van der Waals surface area contributed by atoms with Crippen LogP contribution >= 0.6 is 11.9 Å². The SMILES string of the molecule is c1cc2c(cc1SN1CCNCC1)OCO2. The molecule has 0 unspecified atom stereocenters. The highest BCUT2D eigenvalue weighted by atomic mass is 32.2. The summed E-state index contributed by atoms with van der Waals surface area (Å²) in [6.07, 6.45) is 0. The molecule has 1 aromatic rings. The van der Waals surface area contributed by atoms with E-state index in [-0.39, 0.29) is 0 Å². The molecular formula is C11H14N2O2S. The van der Waals surface area contributed by atoms with E-state index in [0.29, 0.717) is 6.79 Å². The van der Waals surface area contributed by atoms with Gasteiger partial charge in [-0.2, -0.15) is 0 Å². The predicted molar refractivity (Wildman–Crippen MR) is 62.9 cm³/mol. The van der Waals surface area contributed by atoms with Crippen molar-refractivity contribution in [1.29, 1.82) is 0 Å². The van der Waals surface area contributed by atoms with Crippen LogP contribution in [0.25, 0.3) is 0 Å². The Morgan fingerprint density at radius 3 is 2.81 bits per heavy atom. The number of rotatable bonds is 2. The second kappa shape index (κ2) is 4.53. The van der Waals surface area contributed by atoms with E-state index in [0.717, 1.165) is 37.7 Å². The molecule has 5 heteroatoms. The van der Waals surface area contributed by atoms with E-state index in [4.69, 9.17) is 9.47 Å². The van der Waals surface area contributed by atoms with Gasteiger partial charge in [-0.3, -0.25) is 0 Å². The molecule has 0 radical (unpaired) electrons. The van der Waals surface area contributed by atoms with Gasteiger partial charge >= 0.3 is 0 Å². The summed E-state index contributed by atoms with van der Waals surface area (Å²) in [5.74, 6) is 1.71. The summed E-state index contributed by atoms with van der Waals surface area (Å²) < 4.78 is 13.0. The number of piperazine rings is 1. The summed E-state index contributed by atoms with van der Waals surface area (Å²) >= 11 is 1.79. The number of nitrogens with one attached hydrogen (secondary N) is 1. The van der Waals surface area contributed by atoms with Gasteiger partial charge in [0.25, 0.3) is 0 Å². The van der Waals surface area contributed by atoms with Crippen molar-refractivity contribution in [2.45, 2.75) is 4.90 Å². The third-order valence-corrected chi connectivity index (χ3v) is 3.74. The highest BCUT2D eigenvalue weighted by Gasteiger charge is 2.16. The Morgan fingerprint density at radius 2 is 1.94 bits per heavy atom. The molecule has 0 atom stereocenters. The molecule has 86 valence electrons. The Bertz CT molecular complexity index is 380. The Kier molecular flexibility index (Phi) is 2.90. The van der Waals surface area contributed by atoms with Gasteiger partial charge in [0.15, 0.2) is 11.5 Å². The Hall–Kier alpha value is -0.910. The van der Waals surface area contributed by atoms with E-state index >= 15 is 0 Å². The monoisotopic (exact) mass is 238 g/mol. The molecule has 3 rings (SSSR count). The van der Waals surface area contributed by atoms with Gasteiger partial charge in [0.1, 0.15) is 0 Å². The molecule has 0 amide bonds. The summed E-state index contributed by atoms with van der Waals surface area (Å²) in [6, 6.07) is 6.11. The minimum atomic E-state index is 0.344. The summed E-state index contributed by atoms with van der Waals surface area (Å²) in [5.41, 5.74) is 0. The second-order valence-corrected chi connectivity index (χ2v) is 4.96. The molecule has 1 N–H and O–H groups in total. The number of benzene rings is 1. The zero-order chi connectivity index (χ0) is 10.8. The molecule has 0 saturated carbocycles. The normalized spacial score (nSPS) is 20.0. The third kappa shape index (κ3) is 2.11. The molecule has 0 aromatic heterocycles. The van der Waals surface area contributed by atoms with Gasteiger partial charge in [-0.05, 0) is 30.1 Å². The van der Waals surface area contributed by atoms with Crippen LogP contribution < -0.4 is 14.8 Å². The maximum absolute atomic E-state index is 5.36. The first-order valence-corrected chi connectivity index (χ1v) is 6.22. The van der Waals surface area contributed by atoms with Crippen LogP contribution in [0.1, 0.15) is 0 Å². The van der Waals surface area contributed by atoms with Crippen LogP contribution in [0.15, 0.2) is 23.1 Å². The smallest absolute Gasteiger partial charge is 0.231 e. The maximum Gasteiger partial charge on any atom is 0.231 e. The summed E-state index contributed by atoms with van der Waals surface area (Å²) in [6.45, 7) is 4.64. The standard InChI is InChI=1S/C11H14N2O2S/c1-2-10-11(15-8-14-10)7-9(1)16-13-5-3-12-4-6-13/h1-2,7,12H,3-6,8H2. The summed E-state index contributed by atoms with van der Waals surface area (Å²) in [4.78, 5) is 1.21. The lowest BCUT2D eigenvalue weighted by molar-refractivity contribution is 0.174.